The highest BCUT2D eigenvalue weighted by Gasteiger charge is 2.18. The first-order valence-electron chi connectivity index (χ1n) is 7.92. The van der Waals surface area contributed by atoms with Crippen LogP contribution in [0.3, 0.4) is 0 Å². The third kappa shape index (κ3) is 6.19. The van der Waals surface area contributed by atoms with Crippen LogP contribution in [0.15, 0.2) is 24.3 Å². The molecule has 1 amide bonds. The fourth-order valence-corrected chi connectivity index (χ4v) is 2.49. The summed E-state index contributed by atoms with van der Waals surface area (Å²) in [5.74, 6) is 2.31. The molecular weight excluding hydrogens is 262 g/mol. The lowest BCUT2D eigenvalue weighted by molar-refractivity contribution is -0.123. The molecule has 1 rings (SSSR count). The van der Waals surface area contributed by atoms with Crippen molar-refractivity contribution in [3.8, 4) is 5.75 Å². The zero-order valence-corrected chi connectivity index (χ0v) is 14.0. The highest BCUT2D eigenvalue weighted by atomic mass is 16.5. The number of nitrogens with one attached hydrogen (secondary N) is 1. The molecule has 0 spiro atoms. The Morgan fingerprint density at radius 2 is 1.67 bits per heavy atom. The Bertz CT molecular complexity index is 415. The average molecular weight is 291 g/mol. The molecular formula is C18H29NO2. The van der Waals surface area contributed by atoms with E-state index in [0.717, 1.165) is 12.2 Å². The smallest absolute Gasteiger partial charge is 0.257 e. The van der Waals surface area contributed by atoms with E-state index in [1.165, 1.54) is 5.56 Å². The van der Waals surface area contributed by atoms with Gasteiger partial charge >= 0.3 is 0 Å². The summed E-state index contributed by atoms with van der Waals surface area (Å²) in [4.78, 5) is 11.9. The van der Waals surface area contributed by atoms with E-state index in [2.05, 4.69) is 39.9 Å². The normalized spacial score (nSPS) is 11.2. The fraction of sp³-hybridized carbons (Fsp3) is 0.611. The molecule has 0 aliphatic carbocycles. The van der Waals surface area contributed by atoms with Crippen LogP contribution in [0.25, 0.3) is 0 Å². The molecule has 0 atom stereocenters. The number of carbonyl (C=O) groups excluding carboxylic acids is 1. The van der Waals surface area contributed by atoms with E-state index >= 15 is 0 Å². The van der Waals surface area contributed by atoms with Gasteiger partial charge in [-0.25, -0.2) is 0 Å². The molecule has 0 aliphatic rings. The van der Waals surface area contributed by atoms with Gasteiger partial charge in [0.05, 0.1) is 0 Å². The van der Waals surface area contributed by atoms with Crippen molar-refractivity contribution in [2.45, 2.75) is 41.0 Å². The van der Waals surface area contributed by atoms with Crippen LogP contribution in [0.4, 0.5) is 0 Å². The van der Waals surface area contributed by atoms with Gasteiger partial charge in [0, 0.05) is 6.54 Å². The van der Waals surface area contributed by atoms with E-state index < -0.39 is 0 Å². The van der Waals surface area contributed by atoms with Crippen LogP contribution in [0.2, 0.25) is 0 Å². The number of ether oxygens (including phenoxy) is 1. The molecule has 1 N–H and O–H groups in total. The van der Waals surface area contributed by atoms with Gasteiger partial charge in [-0.2, -0.15) is 0 Å². The number of hydrogen-bond donors (Lipinski definition) is 1. The van der Waals surface area contributed by atoms with Gasteiger partial charge in [0.25, 0.3) is 5.91 Å². The zero-order chi connectivity index (χ0) is 15.8. The van der Waals surface area contributed by atoms with Crippen LogP contribution in [-0.4, -0.2) is 19.1 Å². The monoisotopic (exact) mass is 291 g/mol. The molecule has 0 saturated carbocycles. The SMILES string of the molecule is CCc1ccc(OCC(=O)NCC(C(C)C)C(C)C)cc1. The summed E-state index contributed by atoms with van der Waals surface area (Å²) in [6.45, 7) is 11.7. The molecule has 3 heteroatoms. The van der Waals surface area contributed by atoms with E-state index in [-0.39, 0.29) is 12.5 Å². The third-order valence-electron chi connectivity index (χ3n) is 3.95. The summed E-state index contributed by atoms with van der Waals surface area (Å²) in [5, 5.41) is 2.97. The number of benzene rings is 1. The van der Waals surface area contributed by atoms with E-state index in [1.807, 2.05) is 24.3 Å². The van der Waals surface area contributed by atoms with Crippen molar-refractivity contribution in [2.24, 2.45) is 17.8 Å². The van der Waals surface area contributed by atoms with Crippen molar-refractivity contribution in [3.05, 3.63) is 29.8 Å². The van der Waals surface area contributed by atoms with Crippen LogP contribution in [0, 0.1) is 17.8 Å². The number of hydrogen-bond acceptors (Lipinski definition) is 2. The van der Waals surface area contributed by atoms with Crippen LogP contribution < -0.4 is 10.1 Å². The van der Waals surface area contributed by atoms with Crippen molar-refractivity contribution >= 4 is 5.91 Å². The maximum Gasteiger partial charge on any atom is 0.257 e. The minimum absolute atomic E-state index is 0.0548. The number of rotatable bonds is 8. The van der Waals surface area contributed by atoms with Gasteiger partial charge in [-0.05, 0) is 41.9 Å². The molecule has 0 bridgehead atoms. The molecule has 1 aromatic carbocycles. The molecule has 0 unspecified atom stereocenters. The van der Waals surface area contributed by atoms with Crippen molar-refractivity contribution in [3.63, 3.8) is 0 Å². The lowest BCUT2D eigenvalue weighted by Crippen LogP contribution is -2.36. The van der Waals surface area contributed by atoms with Gasteiger partial charge in [0.1, 0.15) is 5.75 Å². The second-order valence-corrected chi connectivity index (χ2v) is 6.24. The van der Waals surface area contributed by atoms with Gasteiger partial charge in [-0.3, -0.25) is 4.79 Å². The van der Waals surface area contributed by atoms with Crippen LogP contribution in [-0.2, 0) is 11.2 Å². The zero-order valence-electron chi connectivity index (χ0n) is 14.0. The molecule has 0 aromatic heterocycles. The first-order valence-corrected chi connectivity index (χ1v) is 7.92. The summed E-state index contributed by atoms with van der Waals surface area (Å²) in [6.07, 6.45) is 1.01. The Kier molecular flexibility index (Phi) is 7.27. The van der Waals surface area contributed by atoms with E-state index in [1.54, 1.807) is 0 Å². The van der Waals surface area contributed by atoms with Crippen molar-refractivity contribution < 1.29 is 9.53 Å². The molecule has 0 radical (unpaired) electrons. The van der Waals surface area contributed by atoms with Gasteiger partial charge < -0.3 is 10.1 Å². The average Bonchev–Trinajstić information content (AvgIpc) is 2.45. The lowest BCUT2D eigenvalue weighted by Gasteiger charge is -2.25. The highest BCUT2D eigenvalue weighted by molar-refractivity contribution is 5.77. The van der Waals surface area contributed by atoms with Gasteiger partial charge in [-0.1, -0.05) is 46.8 Å². The number of amides is 1. The summed E-state index contributed by atoms with van der Waals surface area (Å²) in [6, 6.07) is 7.88. The van der Waals surface area contributed by atoms with Crippen molar-refractivity contribution in [1.82, 2.24) is 5.32 Å². The topological polar surface area (TPSA) is 38.3 Å². The first-order chi connectivity index (χ1) is 9.93. The lowest BCUT2D eigenvalue weighted by atomic mass is 9.85. The van der Waals surface area contributed by atoms with E-state index in [9.17, 15) is 4.79 Å². The fourth-order valence-electron chi connectivity index (χ4n) is 2.49. The van der Waals surface area contributed by atoms with Crippen molar-refractivity contribution in [2.75, 3.05) is 13.2 Å². The molecule has 0 heterocycles. The largest absolute Gasteiger partial charge is 0.484 e. The number of carbonyl (C=O) groups is 1. The molecule has 3 nitrogen and oxygen atoms in total. The Labute approximate surface area is 129 Å². The maximum atomic E-state index is 11.9. The maximum absolute atomic E-state index is 11.9. The standard InChI is InChI=1S/C18H29NO2/c1-6-15-7-9-16(10-8-15)21-12-18(20)19-11-17(13(2)3)14(4)5/h7-10,13-14,17H,6,11-12H2,1-5H3,(H,19,20). The Morgan fingerprint density at radius 1 is 1.10 bits per heavy atom. The predicted molar refractivity (Wildman–Crippen MR) is 87.5 cm³/mol. The predicted octanol–water partition coefficient (Wildman–Crippen LogP) is 3.67. The minimum atomic E-state index is -0.0548. The number of aryl methyl sites for hydroxylation is 1. The molecule has 0 aliphatic heterocycles. The van der Waals surface area contributed by atoms with Gasteiger partial charge in [0.2, 0.25) is 0 Å². The summed E-state index contributed by atoms with van der Waals surface area (Å²) in [7, 11) is 0. The van der Waals surface area contributed by atoms with Crippen molar-refractivity contribution in [1.29, 1.82) is 0 Å². The van der Waals surface area contributed by atoms with Gasteiger partial charge in [-0.15, -0.1) is 0 Å². The molecule has 21 heavy (non-hydrogen) atoms. The Morgan fingerprint density at radius 3 is 2.14 bits per heavy atom. The highest BCUT2D eigenvalue weighted by Crippen LogP contribution is 2.19. The van der Waals surface area contributed by atoms with Crippen LogP contribution in [0.1, 0.15) is 40.2 Å². The molecule has 118 valence electrons. The minimum Gasteiger partial charge on any atom is -0.484 e. The first kappa shape index (κ1) is 17.5. The van der Waals surface area contributed by atoms with Crippen LogP contribution in [0.5, 0.6) is 5.75 Å². The molecule has 0 saturated heterocycles. The third-order valence-corrected chi connectivity index (χ3v) is 3.95. The van der Waals surface area contributed by atoms with E-state index in [4.69, 9.17) is 4.74 Å². The van der Waals surface area contributed by atoms with E-state index in [0.29, 0.717) is 24.3 Å². The molecule has 0 fully saturated rings. The quantitative estimate of drug-likeness (QED) is 0.793. The second kappa shape index (κ2) is 8.71. The summed E-state index contributed by atoms with van der Waals surface area (Å²) < 4.78 is 5.51. The van der Waals surface area contributed by atoms with Crippen LogP contribution >= 0.6 is 0 Å². The Hall–Kier alpha value is -1.51. The second-order valence-electron chi connectivity index (χ2n) is 6.24. The summed E-state index contributed by atoms with van der Waals surface area (Å²) in [5.41, 5.74) is 1.27. The molecule has 1 aromatic rings. The Balaban J connectivity index is 2.36. The summed E-state index contributed by atoms with van der Waals surface area (Å²) >= 11 is 0. The van der Waals surface area contributed by atoms with Gasteiger partial charge in [0.15, 0.2) is 6.61 Å².